The molecule has 0 fully saturated rings. The van der Waals surface area contributed by atoms with Crippen LogP contribution in [0.15, 0.2) is 46.0 Å². The molecule has 0 saturated heterocycles. The van der Waals surface area contributed by atoms with E-state index in [-0.39, 0.29) is 0 Å². The van der Waals surface area contributed by atoms with Gasteiger partial charge in [-0.3, -0.25) is 0 Å². The molecule has 0 unspecified atom stereocenters. The Kier molecular flexibility index (Phi) is 2.66. The number of rotatable bonds is 2. The maximum atomic E-state index is 5.72. The molecule has 84 valence electrons. The van der Waals surface area contributed by atoms with E-state index < -0.39 is 0 Å². The molecular formula is C11H8N4S2. The number of aromatic nitrogens is 3. The van der Waals surface area contributed by atoms with E-state index in [0.29, 0.717) is 0 Å². The zero-order valence-corrected chi connectivity index (χ0v) is 10.3. The van der Waals surface area contributed by atoms with Gasteiger partial charge < -0.3 is 5.73 Å². The van der Waals surface area contributed by atoms with E-state index >= 15 is 0 Å². The monoisotopic (exact) mass is 260 g/mol. The van der Waals surface area contributed by atoms with Crippen LogP contribution in [0.5, 0.6) is 0 Å². The fourth-order valence-corrected chi connectivity index (χ4v) is 2.85. The second-order valence-electron chi connectivity index (χ2n) is 3.41. The maximum absolute atomic E-state index is 5.72. The Balaban J connectivity index is 1.99. The van der Waals surface area contributed by atoms with Crippen molar-refractivity contribution in [3.63, 3.8) is 0 Å². The highest BCUT2D eigenvalue weighted by atomic mass is 32.2. The summed E-state index contributed by atoms with van der Waals surface area (Å²) in [5.74, 6) is 0. The molecule has 0 saturated carbocycles. The van der Waals surface area contributed by atoms with Crippen molar-refractivity contribution < 1.29 is 0 Å². The fourth-order valence-electron chi connectivity index (χ4n) is 1.48. The predicted octanol–water partition coefficient (Wildman–Crippen LogP) is 2.82. The van der Waals surface area contributed by atoms with Crippen molar-refractivity contribution in [2.24, 2.45) is 0 Å². The molecule has 3 aromatic rings. The van der Waals surface area contributed by atoms with Gasteiger partial charge in [-0.15, -0.1) is 0 Å². The Bertz CT molecular complexity index is 652. The van der Waals surface area contributed by atoms with E-state index in [0.717, 1.165) is 26.0 Å². The lowest BCUT2D eigenvalue weighted by molar-refractivity contribution is 1.16. The quantitative estimate of drug-likeness (QED) is 0.718. The topological polar surface area (TPSA) is 64.7 Å². The van der Waals surface area contributed by atoms with Gasteiger partial charge in [-0.2, -0.15) is 4.37 Å². The summed E-state index contributed by atoms with van der Waals surface area (Å²) in [7, 11) is 0. The Morgan fingerprint density at radius 3 is 2.94 bits per heavy atom. The van der Waals surface area contributed by atoms with Gasteiger partial charge in [-0.25, -0.2) is 9.97 Å². The van der Waals surface area contributed by atoms with Crippen LogP contribution in [0.4, 0.5) is 5.69 Å². The third-order valence-electron chi connectivity index (χ3n) is 2.22. The molecule has 0 aliphatic rings. The molecule has 0 bridgehead atoms. The normalized spacial score (nSPS) is 10.8. The van der Waals surface area contributed by atoms with Crippen LogP contribution in [0.1, 0.15) is 0 Å². The molecule has 3 rings (SSSR count). The van der Waals surface area contributed by atoms with Crippen molar-refractivity contribution in [1.82, 2.24) is 14.3 Å². The van der Waals surface area contributed by atoms with Crippen molar-refractivity contribution >= 4 is 39.9 Å². The Morgan fingerprint density at radius 1 is 1.18 bits per heavy atom. The summed E-state index contributed by atoms with van der Waals surface area (Å²) in [6.45, 7) is 0. The highest BCUT2D eigenvalue weighted by Gasteiger charge is 2.03. The Morgan fingerprint density at radius 2 is 2.12 bits per heavy atom. The third kappa shape index (κ3) is 2.22. The van der Waals surface area contributed by atoms with Gasteiger partial charge in [-0.1, -0.05) is 6.07 Å². The van der Waals surface area contributed by atoms with E-state index in [1.165, 1.54) is 23.3 Å². The summed E-state index contributed by atoms with van der Waals surface area (Å²) in [5, 5.41) is 1.96. The first-order valence-corrected chi connectivity index (χ1v) is 6.51. The summed E-state index contributed by atoms with van der Waals surface area (Å²) in [6.07, 6.45) is 1.55. The lowest BCUT2D eigenvalue weighted by Gasteiger charge is -2.01. The van der Waals surface area contributed by atoms with Gasteiger partial charge in [0.05, 0.1) is 5.52 Å². The number of pyridine rings is 1. The minimum Gasteiger partial charge on any atom is -0.399 e. The minimum absolute atomic E-state index is 0.754. The van der Waals surface area contributed by atoms with Gasteiger partial charge in [0.2, 0.25) is 0 Å². The van der Waals surface area contributed by atoms with Crippen LogP contribution >= 0.6 is 23.3 Å². The number of benzene rings is 1. The molecule has 17 heavy (non-hydrogen) atoms. The van der Waals surface area contributed by atoms with Crippen LogP contribution < -0.4 is 5.73 Å². The van der Waals surface area contributed by atoms with Crippen molar-refractivity contribution in [1.29, 1.82) is 0 Å². The zero-order valence-electron chi connectivity index (χ0n) is 8.70. The molecule has 0 spiro atoms. The Labute approximate surface area is 106 Å². The van der Waals surface area contributed by atoms with E-state index in [1.807, 2.05) is 30.3 Å². The average molecular weight is 260 g/mol. The molecule has 1 aromatic carbocycles. The molecule has 0 atom stereocenters. The first kappa shape index (κ1) is 10.5. The maximum Gasteiger partial charge on any atom is 0.175 e. The van der Waals surface area contributed by atoms with Gasteiger partial charge in [0.1, 0.15) is 11.4 Å². The summed E-state index contributed by atoms with van der Waals surface area (Å²) < 4.78 is 4.85. The number of hydrogen-bond donors (Lipinski definition) is 1. The lowest BCUT2D eigenvalue weighted by atomic mass is 10.2. The molecule has 0 aliphatic heterocycles. The molecule has 2 heterocycles. The van der Waals surface area contributed by atoms with E-state index in [4.69, 9.17) is 5.73 Å². The molecular weight excluding hydrogens is 252 g/mol. The van der Waals surface area contributed by atoms with Crippen LogP contribution in [0, 0.1) is 0 Å². The third-order valence-corrected chi connectivity index (χ3v) is 3.87. The number of anilines is 1. The molecule has 2 N–H and O–H groups in total. The number of nitrogens with zero attached hydrogens (tertiary/aromatic N) is 3. The number of nitrogen functional groups attached to an aromatic ring is 1. The first-order chi connectivity index (χ1) is 8.31. The summed E-state index contributed by atoms with van der Waals surface area (Å²) in [5.41, 5.74) is 7.41. The molecule has 4 nitrogen and oxygen atoms in total. The lowest BCUT2D eigenvalue weighted by Crippen LogP contribution is -1.86. The van der Waals surface area contributed by atoms with Gasteiger partial charge >= 0.3 is 0 Å². The van der Waals surface area contributed by atoms with Gasteiger partial charge in [0.25, 0.3) is 0 Å². The summed E-state index contributed by atoms with van der Waals surface area (Å²) in [6, 6.07) is 9.68. The molecule has 0 aliphatic carbocycles. The minimum atomic E-state index is 0.754. The highest BCUT2D eigenvalue weighted by Crippen LogP contribution is 2.28. The van der Waals surface area contributed by atoms with E-state index in [9.17, 15) is 0 Å². The first-order valence-electron chi connectivity index (χ1n) is 4.92. The zero-order chi connectivity index (χ0) is 11.7. The molecule has 0 amide bonds. The standard InChI is InChI=1S/C11H8N4S2/c12-8-2-3-9-7(5-8)1-4-10(15-9)16-11-13-6-14-17-11/h1-6H,12H2. The van der Waals surface area contributed by atoms with Crippen LogP contribution in [-0.4, -0.2) is 14.3 Å². The SMILES string of the molecule is Nc1ccc2nc(Sc3ncns3)ccc2c1. The van der Waals surface area contributed by atoms with Crippen LogP contribution in [0.2, 0.25) is 0 Å². The highest BCUT2D eigenvalue weighted by molar-refractivity contribution is 8.00. The predicted molar refractivity (Wildman–Crippen MR) is 70.2 cm³/mol. The summed E-state index contributed by atoms with van der Waals surface area (Å²) in [4.78, 5) is 8.65. The summed E-state index contributed by atoms with van der Waals surface area (Å²) >= 11 is 2.88. The van der Waals surface area contributed by atoms with Crippen LogP contribution in [-0.2, 0) is 0 Å². The van der Waals surface area contributed by atoms with Crippen molar-refractivity contribution in [2.45, 2.75) is 9.37 Å². The van der Waals surface area contributed by atoms with Crippen molar-refractivity contribution in [2.75, 3.05) is 5.73 Å². The molecule has 2 aromatic heterocycles. The van der Waals surface area contributed by atoms with Gasteiger partial charge in [0, 0.05) is 11.1 Å². The largest absolute Gasteiger partial charge is 0.399 e. The average Bonchev–Trinajstić information content (AvgIpc) is 2.82. The van der Waals surface area contributed by atoms with E-state index in [1.54, 1.807) is 6.33 Å². The Hall–Kier alpha value is -1.66. The van der Waals surface area contributed by atoms with E-state index in [2.05, 4.69) is 14.3 Å². The second kappa shape index (κ2) is 4.31. The molecule has 6 heteroatoms. The van der Waals surface area contributed by atoms with Gasteiger partial charge in [-0.05, 0) is 47.6 Å². The molecule has 0 radical (unpaired) electrons. The van der Waals surface area contributed by atoms with Crippen molar-refractivity contribution in [3.05, 3.63) is 36.7 Å². The second-order valence-corrected chi connectivity index (χ2v) is 5.46. The van der Waals surface area contributed by atoms with Gasteiger partial charge in [0.15, 0.2) is 4.34 Å². The number of fused-ring (bicyclic) bond motifs is 1. The number of nitrogens with two attached hydrogens (primary N) is 1. The fraction of sp³-hybridized carbons (Fsp3) is 0. The van der Waals surface area contributed by atoms with Crippen LogP contribution in [0.25, 0.3) is 10.9 Å². The smallest absolute Gasteiger partial charge is 0.175 e. The van der Waals surface area contributed by atoms with Crippen LogP contribution in [0.3, 0.4) is 0 Å². The van der Waals surface area contributed by atoms with Crippen molar-refractivity contribution in [3.8, 4) is 0 Å². The number of hydrogen-bond acceptors (Lipinski definition) is 6.